The molecule has 0 bridgehead atoms. The SMILES string of the molecule is C[C@H]1NC(=[NH+]CCC[C@H]([NH3+])C(=O)O)N[C@H]1O. The van der Waals surface area contributed by atoms with E-state index in [0.29, 0.717) is 18.9 Å². The lowest BCUT2D eigenvalue weighted by Gasteiger charge is -2.00. The highest BCUT2D eigenvalue weighted by Crippen LogP contribution is 1.93. The molecule has 0 radical (unpaired) electrons. The Kier molecular flexibility index (Phi) is 4.51. The zero-order chi connectivity index (χ0) is 12.1. The molecule has 0 aromatic rings. The van der Waals surface area contributed by atoms with Crippen molar-refractivity contribution in [3.8, 4) is 0 Å². The number of carboxylic acid groups (broad SMARTS) is 1. The Morgan fingerprint density at radius 1 is 1.62 bits per heavy atom. The summed E-state index contributed by atoms with van der Waals surface area (Å²) in [6, 6.07) is -0.581. The van der Waals surface area contributed by atoms with Gasteiger partial charge in [-0.15, -0.1) is 0 Å². The van der Waals surface area contributed by atoms with E-state index >= 15 is 0 Å². The largest absolute Gasteiger partial charge is 0.477 e. The minimum atomic E-state index is -0.867. The van der Waals surface area contributed by atoms with Gasteiger partial charge in [0.15, 0.2) is 6.04 Å². The first kappa shape index (κ1) is 12.7. The molecule has 0 aliphatic carbocycles. The highest BCUT2D eigenvalue weighted by Gasteiger charge is 2.30. The van der Waals surface area contributed by atoms with Gasteiger partial charge < -0.3 is 15.9 Å². The van der Waals surface area contributed by atoms with Gasteiger partial charge >= 0.3 is 11.9 Å². The van der Waals surface area contributed by atoms with E-state index in [1.807, 2.05) is 6.92 Å². The van der Waals surface area contributed by atoms with E-state index in [9.17, 15) is 9.90 Å². The van der Waals surface area contributed by atoms with Crippen LogP contribution in [0.3, 0.4) is 0 Å². The van der Waals surface area contributed by atoms with Crippen molar-refractivity contribution in [2.45, 2.75) is 38.1 Å². The van der Waals surface area contributed by atoms with Crippen LogP contribution in [0.25, 0.3) is 0 Å². The molecular formula is C9H20N4O3+2. The average Bonchev–Trinajstić information content (AvgIpc) is 2.53. The second kappa shape index (κ2) is 5.66. The maximum Gasteiger partial charge on any atom is 0.362 e. The van der Waals surface area contributed by atoms with Gasteiger partial charge in [-0.1, -0.05) is 0 Å². The molecule has 1 aliphatic rings. The quantitative estimate of drug-likeness (QED) is 0.268. The van der Waals surface area contributed by atoms with Crippen molar-refractivity contribution < 1.29 is 25.7 Å². The smallest absolute Gasteiger partial charge is 0.362 e. The second-order valence-corrected chi connectivity index (χ2v) is 4.00. The number of hydrogen-bond donors (Lipinski definition) is 6. The molecule has 0 amide bonds. The van der Waals surface area contributed by atoms with Gasteiger partial charge in [0.2, 0.25) is 6.23 Å². The first-order valence-corrected chi connectivity index (χ1v) is 5.38. The molecule has 1 rings (SSSR count). The number of hydrogen-bond acceptors (Lipinski definition) is 2. The molecule has 8 N–H and O–H groups in total. The lowest BCUT2D eigenvalue weighted by molar-refractivity contribution is -0.465. The van der Waals surface area contributed by atoms with Crippen LogP contribution in [0, 0.1) is 0 Å². The van der Waals surface area contributed by atoms with Gasteiger partial charge in [-0.05, 0) is 13.3 Å². The van der Waals surface area contributed by atoms with Gasteiger partial charge in [0, 0.05) is 6.42 Å². The van der Waals surface area contributed by atoms with Crippen LogP contribution >= 0.6 is 0 Å². The topological polar surface area (TPSA) is 123 Å². The summed E-state index contributed by atoms with van der Waals surface area (Å²) in [5, 5.41) is 23.8. The van der Waals surface area contributed by atoms with E-state index in [4.69, 9.17) is 5.11 Å². The third kappa shape index (κ3) is 3.67. The zero-order valence-corrected chi connectivity index (χ0v) is 9.36. The van der Waals surface area contributed by atoms with Crippen LogP contribution in [0.4, 0.5) is 0 Å². The van der Waals surface area contributed by atoms with Crippen LogP contribution in [-0.2, 0) is 4.79 Å². The van der Waals surface area contributed by atoms with Crippen LogP contribution in [0.2, 0.25) is 0 Å². The Balaban J connectivity index is 2.20. The van der Waals surface area contributed by atoms with Gasteiger partial charge in [0.1, 0.15) is 6.04 Å². The van der Waals surface area contributed by atoms with E-state index in [2.05, 4.69) is 21.4 Å². The summed E-state index contributed by atoms with van der Waals surface area (Å²) in [6.07, 6.45) is 0.674. The molecule has 0 unspecified atom stereocenters. The fraction of sp³-hybridized carbons (Fsp3) is 0.778. The third-order valence-corrected chi connectivity index (χ3v) is 2.52. The monoisotopic (exact) mass is 232 g/mol. The van der Waals surface area contributed by atoms with E-state index in [-0.39, 0.29) is 6.04 Å². The molecule has 7 heteroatoms. The van der Waals surface area contributed by atoms with Crippen LogP contribution in [0.1, 0.15) is 19.8 Å². The summed E-state index contributed by atoms with van der Waals surface area (Å²) in [4.78, 5) is 13.5. The molecule has 7 nitrogen and oxygen atoms in total. The molecule has 16 heavy (non-hydrogen) atoms. The molecule has 92 valence electrons. The zero-order valence-electron chi connectivity index (χ0n) is 9.36. The number of quaternary nitrogens is 1. The van der Waals surface area contributed by atoms with Gasteiger partial charge in [-0.3, -0.25) is 10.3 Å². The lowest BCUT2D eigenvalue weighted by Crippen LogP contribution is -2.78. The predicted octanol–water partition coefficient (Wildman–Crippen LogP) is -4.20. The van der Waals surface area contributed by atoms with E-state index in [1.54, 1.807) is 0 Å². The van der Waals surface area contributed by atoms with Crippen molar-refractivity contribution in [1.29, 1.82) is 0 Å². The van der Waals surface area contributed by atoms with Crippen molar-refractivity contribution in [3.05, 3.63) is 0 Å². The summed E-state index contributed by atoms with van der Waals surface area (Å²) in [7, 11) is 0. The molecule has 3 atom stereocenters. The Labute approximate surface area is 93.7 Å². The highest BCUT2D eigenvalue weighted by molar-refractivity contribution is 5.76. The van der Waals surface area contributed by atoms with Gasteiger partial charge in [-0.25, -0.2) is 10.1 Å². The highest BCUT2D eigenvalue weighted by atomic mass is 16.4. The van der Waals surface area contributed by atoms with Gasteiger partial charge in [0.05, 0.1) is 6.54 Å². The molecule has 0 aromatic heterocycles. The van der Waals surface area contributed by atoms with Crippen LogP contribution in [0.5, 0.6) is 0 Å². The van der Waals surface area contributed by atoms with Gasteiger partial charge in [0.25, 0.3) is 0 Å². The number of aliphatic hydroxyl groups excluding tert-OH is 1. The summed E-state index contributed by atoms with van der Waals surface area (Å²) in [5.74, 6) is -0.176. The average molecular weight is 232 g/mol. The number of carbonyl (C=O) groups is 1. The molecule has 1 heterocycles. The molecular weight excluding hydrogens is 212 g/mol. The Hall–Kier alpha value is -1.34. The molecule has 0 saturated carbocycles. The molecule has 1 aliphatic heterocycles. The fourth-order valence-electron chi connectivity index (χ4n) is 1.41. The Bertz CT molecular complexity index is 270. The summed E-state index contributed by atoms with van der Waals surface area (Å²) in [6.45, 7) is 2.51. The Morgan fingerprint density at radius 3 is 2.81 bits per heavy atom. The van der Waals surface area contributed by atoms with Crippen molar-refractivity contribution in [3.63, 3.8) is 0 Å². The lowest BCUT2D eigenvalue weighted by atomic mass is 10.2. The third-order valence-electron chi connectivity index (χ3n) is 2.52. The Morgan fingerprint density at radius 2 is 2.31 bits per heavy atom. The first-order chi connectivity index (χ1) is 7.50. The van der Waals surface area contributed by atoms with Crippen molar-refractivity contribution in [2.75, 3.05) is 6.54 Å². The molecule has 0 spiro atoms. The number of rotatable bonds is 5. The normalized spacial score (nSPS) is 28.6. The van der Waals surface area contributed by atoms with Crippen LogP contribution < -0.4 is 21.4 Å². The first-order valence-electron chi connectivity index (χ1n) is 5.38. The molecule has 1 saturated heterocycles. The second-order valence-electron chi connectivity index (χ2n) is 4.00. The minimum absolute atomic E-state index is 0.0258. The number of guanidine groups is 1. The summed E-state index contributed by atoms with van der Waals surface area (Å²) < 4.78 is 0. The van der Waals surface area contributed by atoms with E-state index < -0.39 is 18.2 Å². The number of aliphatic carboxylic acids is 1. The number of carboxylic acids is 1. The fourth-order valence-corrected chi connectivity index (χ4v) is 1.41. The van der Waals surface area contributed by atoms with Gasteiger partial charge in [-0.2, -0.15) is 0 Å². The predicted molar refractivity (Wildman–Crippen MR) is 56.1 cm³/mol. The van der Waals surface area contributed by atoms with Crippen molar-refractivity contribution in [2.24, 2.45) is 0 Å². The maximum atomic E-state index is 10.5. The van der Waals surface area contributed by atoms with Crippen LogP contribution in [0.15, 0.2) is 0 Å². The van der Waals surface area contributed by atoms with E-state index in [0.717, 1.165) is 6.42 Å². The molecule has 1 fully saturated rings. The van der Waals surface area contributed by atoms with Crippen LogP contribution in [-0.4, -0.2) is 47.0 Å². The number of nitrogens with one attached hydrogen (secondary N) is 3. The number of aliphatic hydroxyl groups is 1. The maximum absolute atomic E-state index is 10.5. The summed E-state index contributed by atoms with van der Waals surface area (Å²) >= 11 is 0. The summed E-state index contributed by atoms with van der Waals surface area (Å²) in [5.41, 5.74) is 3.53. The molecule has 0 aromatic carbocycles. The van der Waals surface area contributed by atoms with Crippen molar-refractivity contribution >= 4 is 11.9 Å². The standard InChI is InChI=1S/C9H18N4O3/c1-5-7(14)13-9(12-5)11-4-2-3-6(10)8(15)16/h5-7,14H,2-4,10H2,1H3,(H,15,16)(H2,11,12,13)/p+2/t5-,6+,7+/m1/s1. The van der Waals surface area contributed by atoms with E-state index in [1.165, 1.54) is 0 Å². The van der Waals surface area contributed by atoms with Crippen molar-refractivity contribution in [1.82, 2.24) is 10.6 Å². The minimum Gasteiger partial charge on any atom is -0.477 e.